The van der Waals surface area contributed by atoms with E-state index in [1.165, 1.54) is 18.4 Å². The Hall–Kier alpha value is -0.580. The van der Waals surface area contributed by atoms with Crippen LogP contribution in [0.3, 0.4) is 0 Å². The Morgan fingerprint density at radius 3 is 2.90 bits per heavy atom. The van der Waals surface area contributed by atoms with Gasteiger partial charge in [-0.15, -0.1) is 0 Å². The first-order chi connectivity index (χ1) is 9.68. The summed E-state index contributed by atoms with van der Waals surface area (Å²) in [4.78, 5) is 0. The summed E-state index contributed by atoms with van der Waals surface area (Å²) in [6.07, 6.45) is 4.47. The highest BCUT2D eigenvalue weighted by Crippen LogP contribution is 2.49. The zero-order chi connectivity index (χ0) is 14.2. The van der Waals surface area contributed by atoms with Gasteiger partial charge in [-0.1, -0.05) is 15.9 Å². The average Bonchev–Trinajstić information content (AvgIpc) is 3.23. The molecule has 2 aliphatic rings. The van der Waals surface area contributed by atoms with Crippen molar-refractivity contribution in [1.29, 1.82) is 0 Å². The molecule has 1 heterocycles. The minimum Gasteiger partial charge on any atom is -0.497 e. The Morgan fingerprint density at radius 1 is 1.45 bits per heavy atom. The van der Waals surface area contributed by atoms with Crippen LogP contribution in [-0.4, -0.2) is 31.5 Å². The number of methoxy groups -OCH3 is 1. The second-order valence-corrected chi connectivity index (χ2v) is 6.89. The van der Waals surface area contributed by atoms with Gasteiger partial charge in [0.25, 0.3) is 0 Å². The highest BCUT2D eigenvalue weighted by molar-refractivity contribution is 9.10. The Balaban J connectivity index is 1.87. The van der Waals surface area contributed by atoms with Crippen molar-refractivity contribution in [2.45, 2.75) is 31.8 Å². The van der Waals surface area contributed by atoms with Gasteiger partial charge in [0.1, 0.15) is 5.75 Å². The van der Waals surface area contributed by atoms with E-state index in [-0.39, 0.29) is 18.1 Å². The summed E-state index contributed by atoms with van der Waals surface area (Å²) in [6, 6.07) is 6.02. The molecule has 0 aromatic heterocycles. The van der Waals surface area contributed by atoms with Crippen LogP contribution in [0.1, 0.15) is 24.8 Å². The second-order valence-electron chi connectivity index (χ2n) is 6.03. The number of halogens is 1. The van der Waals surface area contributed by atoms with Gasteiger partial charge >= 0.3 is 0 Å². The lowest BCUT2D eigenvalue weighted by molar-refractivity contribution is 0.000487. The van der Waals surface area contributed by atoms with Crippen LogP contribution in [0.25, 0.3) is 0 Å². The summed E-state index contributed by atoms with van der Waals surface area (Å²) < 4.78 is 12.3. The van der Waals surface area contributed by atoms with Gasteiger partial charge in [-0.05, 0) is 55.4 Å². The van der Waals surface area contributed by atoms with Crippen molar-refractivity contribution in [2.24, 2.45) is 11.3 Å². The molecule has 3 rings (SSSR count). The van der Waals surface area contributed by atoms with Crippen LogP contribution in [-0.2, 0) is 11.2 Å². The molecular weight excluding hydrogens is 320 g/mol. The fourth-order valence-corrected chi connectivity index (χ4v) is 3.74. The maximum atomic E-state index is 10.0. The minimum absolute atomic E-state index is 0.129. The number of benzene rings is 1. The molecule has 0 bridgehead atoms. The zero-order valence-corrected chi connectivity index (χ0v) is 13.4. The molecule has 1 N–H and O–H groups in total. The normalized spacial score (nSPS) is 29.6. The molecular formula is C16H21BrO3. The van der Waals surface area contributed by atoms with E-state index in [9.17, 15) is 5.11 Å². The van der Waals surface area contributed by atoms with Crippen molar-refractivity contribution in [3.63, 3.8) is 0 Å². The van der Waals surface area contributed by atoms with Crippen molar-refractivity contribution in [1.82, 2.24) is 0 Å². The fraction of sp³-hybridized carbons (Fsp3) is 0.625. The van der Waals surface area contributed by atoms with Gasteiger partial charge in [0.2, 0.25) is 0 Å². The summed E-state index contributed by atoms with van der Waals surface area (Å²) in [5, 5.41) is 10.0. The number of hydrogen-bond acceptors (Lipinski definition) is 3. The molecule has 1 saturated heterocycles. The zero-order valence-electron chi connectivity index (χ0n) is 11.8. The van der Waals surface area contributed by atoms with Gasteiger partial charge in [0.05, 0.1) is 19.8 Å². The summed E-state index contributed by atoms with van der Waals surface area (Å²) in [6.45, 7) is 0.959. The predicted octanol–water partition coefficient (Wildman–Crippen LogP) is 3.18. The fourth-order valence-electron chi connectivity index (χ4n) is 3.35. The monoisotopic (exact) mass is 340 g/mol. The number of ether oxygens (including phenoxy) is 2. The Bertz CT molecular complexity index is 487. The quantitative estimate of drug-likeness (QED) is 0.894. The molecule has 1 aliphatic carbocycles. The molecule has 2 unspecified atom stereocenters. The molecule has 1 saturated carbocycles. The lowest BCUT2D eigenvalue weighted by Gasteiger charge is -2.33. The largest absolute Gasteiger partial charge is 0.497 e. The molecule has 1 aromatic rings. The van der Waals surface area contributed by atoms with Gasteiger partial charge in [-0.2, -0.15) is 0 Å². The molecule has 2 fully saturated rings. The van der Waals surface area contributed by atoms with Gasteiger partial charge in [-0.3, -0.25) is 0 Å². The van der Waals surface area contributed by atoms with Crippen LogP contribution >= 0.6 is 15.9 Å². The molecule has 0 spiro atoms. The van der Waals surface area contributed by atoms with Gasteiger partial charge in [0, 0.05) is 16.5 Å². The lowest BCUT2D eigenvalue weighted by atomic mass is 9.75. The predicted molar refractivity (Wildman–Crippen MR) is 81.0 cm³/mol. The number of aliphatic hydroxyl groups excluding tert-OH is 1. The van der Waals surface area contributed by atoms with Crippen LogP contribution in [0.2, 0.25) is 0 Å². The van der Waals surface area contributed by atoms with E-state index < -0.39 is 0 Å². The van der Waals surface area contributed by atoms with Crippen LogP contribution in [0.15, 0.2) is 22.7 Å². The third kappa shape index (κ3) is 2.61. The van der Waals surface area contributed by atoms with Crippen LogP contribution in [0.5, 0.6) is 5.75 Å². The Morgan fingerprint density at radius 2 is 2.25 bits per heavy atom. The van der Waals surface area contributed by atoms with Crippen molar-refractivity contribution in [3.8, 4) is 5.75 Å². The lowest BCUT2D eigenvalue weighted by Crippen LogP contribution is -2.38. The van der Waals surface area contributed by atoms with Crippen LogP contribution in [0.4, 0.5) is 0 Å². The molecule has 3 nitrogen and oxygen atoms in total. The summed E-state index contributed by atoms with van der Waals surface area (Å²) in [5.41, 5.74) is 1.06. The second kappa shape index (κ2) is 5.66. The summed E-state index contributed by atoms with van der Waals surface area (Å²) in [5.74, 6) is 1.51. The summed E-state index contributed by atoms with van der Waals surface area (Å²) in [7, 11) is 1.68. The van der Waals surface area contributed by atoms with Gasteiger partial charge in [0.15, 0.2) is 0 Å². The highest BCUT2D eigenvalue weighted by Gasteiger charge is 2.50. The van der Waals surface area contributed by atoms with E-state index in [0.29, 0.717) is 5.92 Å². The maximum absolute atomic E-state index is 10.0. The van der Waals surface area contributed by atoms with E-state index in [2.05, 4.69) is 22.0 Å². The third-order valence-electron chi connectivity index (χ3n) is 4.66. The van der Waals surface area contributed by atoms with E-state index in [0.717, 1.165) is 29.7 Å². The standard InChI is InChI=1S/C16H21BrO3/c1-19-13-4-5-14(17)12(8-13)9-16(10-18)6-7-20-15(16)11-2-3-11/h4-5,8,11,15,18H,2-3,6-7,9-10H2,1H3. The average molecular weight is 341 g/mol. The van der Waals surface area contributed by atoms with E-state index >= 15 is 0 Å². The van der Waals surface area contributed by atoms with Crippen molar-refractivity contribution in [2.75, 3.05) is 20.3 Å². The highest BCUT2D eigenvalue weighted by atomic mass is 79.9. The molecule has 20 heavy (non-hydrogen) atoms. The topological polar surface area (TPSA) is 38.7 Å². The van der Waals surface area contributed by atoms with E-state index in [1.54, 1.807) is 7.11 Å². The van der Waals surface area contributed by atoms with E-state index in [1.807, 2.05) is 12.1 Å². The maximum Gasteiger partial charge on any atom is 0.119 e. The SMILES string of the molecule is COc1ccc(Br)c(CC2(CO)CCOC2C2CC2)c1. The summed E-state index contributed by atoms with van der Waals surface area (Å²) >= 11 is 3.61. The Kier molecular flexibility index (Phi) is 4.07. The minimum atomic E-state index is -0.129. The molecule has 4 heteroatoms. The van der Waals surface area contributed by atoms with Crippen LogP contribution < -0.4 is 4.74 Å². The Labute approximate surface area is 128 Å². The first-order valence-corrected chi connectivity index (χ1v) is 8.03. The first-order valence-electron chi connectivity index (χ1n) is 7.23. The van der Waals surface area contributed by atoms with Crippen LogP contribution in [0, 0.1) is 11.3 Å². The first kappa shape index (κ1) is 14.4. The van der Waals surface area contributed by atoms with Gasteiger partial charge < -0.3 is 14.6 Å². The molecule has 110 valence electrons. The molecule has 1 aliphatic heterocycles. The van der Waals surface area contributed by atoms with Crippen molar-refractivity contribution >= 4 is 15.9 Å². The van der Waals surface area contributed by atoms with Crippen molar-refractivity contribution in [3.05, 3.63) is 28.2 Å². The number of aliphatic hydroxyl groups is 1. The van der Waals surface area contributed by atoms with E-state index in [4.69, 9.17) is 9.47 Å². The smallest absolute Gasteiger partial charge is 0.119 e. The third-order valence-corrected chi connectivity index (χ3v) is 5.43. The number of rotatable bonds is 5. The molecule has 0 amide bonds. The van der Waals surface area contributed by atoms with Gasteiger partial charge in [-0.25, -0.2) is 0 Å². The molecule has 0 radical (unpaired) electrons. The molecule has 1 aromatic carbocycles. The number of hydrogen-bond donors (Lipinski definition) is 1. The molecule has 2 atom stereocenters. The van der Waals surface area contributed by atoms with Crippen molar-refractivity contribution < 1.29 is 14.6 Å².